The molecule has 1 spiro atoms. The van der Waals surface area contributed by atoms with Crippen LogP contribution in [0.25, 0.3) is 0 Å². The van der Waals surface area contributed by atoms with E-state index in [9.17, 15) is 34.5 Å². The first kappa shape index (κ1) is 29.6. The standard InChI is InChI=1S/C32H33NO11/c1-16(24(41-17(2)34)30(39)44-25(28(36)37)18-7-5-4-6-8-18)29(38)42-21-11-12-32(40)22-15-19-9-10-20(35)26-23(19)31(32,27(21)43-26)13-14-33(22)3/h4-11,16,22,24-25,27,35,40H,12-15H2,1-3H3,(H,36,37)/t16-,22-,24-,25-,27+,31+,32-/m1/s1. The highest BCUT2D eigenvalue weighted by molar-refractivity contribution is 5.88. The first-order valence-corrected chi connectivity index (χ1v) is 14.4. The predicted molar refractivity (Wildman–Crippen MR) is 150 cm³/mol. The predicted octanol–water partition coefficient (Wildman–Crippen LogP) is 2.15. The number of nitrogens with zero attached hydrogens (tertiary/aromatic N) is 1. The van der Waals surface area contributed by atoms with Gasteiger partial charge in [0.25, 0.3) is 0 Å². The fourth-order valence-electron chi connectivity index (χ4n) is 7.38. The summed E-state index contributed by atoms with van der Waals surface area (Å²) in [5.74, 6) is -5.71. The summed E-state index contributed by atoms with van der Waals surface area (Å²) in [5, 5.41) is 32.7. The van der Waals surface area contributed by atoms with Crippen LogP contribution in [-0.2, 0) is 45.2 Å². The van der Waals surface area contributed by atoms with Gasteiger partial charge in [0, 0.05) is 30.5 Å². The zero-order valence-electron chi connectivity index (χ0n) is 24.4. The molecule has 2 heterocycles. The lowest BCUT2D eigenvalue weighted by atomic mass is 9.50. The van der Waals surface area contributed by atoms with Crippen LogP contribution >= 0.6 is 0 Å². The minimum absolute atomic E-state index is 0.0876. The van der Waals surface area contributed by atoms with Crippen LogP contribution in [0.15, 0.2) is 54.3 Å². The van der Waals surface area contributed by atoms with Crippen molar-refractivity contribution in [3.63, 3.8) is 0 Å². The van der Waals surface area contributed by atoms with Crippen LogP contribution < -0.4 is 4.74 Å². The van der Waals surface area contributed by atoms with E-state index in [2.05, 4.69) is 4.90 Å². The third kappa shape index (κ3) is 4.34. The van der Waals surface area contributed by atoms with Crippen molar-refractivity contribution < 1.29 is 53.4 Å². The molecule has 0 saturated carbocycles. The lowest BCUT2D eigenvalue weighted by molar-refractivity contribution is -0.184. The Balaban J connectivity index is 1.28. The third-order valence-corrected chi connectivity index (χ3v) is 9.48. The van der Waals surface area contributed by atoms with Crippen molar-refractivity contribution in [2.75, 3.05) is 13.6 Å². The normalized spacial score (nSPS) is 28.3. The van der Waals surface area contributed by atoms with Crippen molar-refractivity contribution in [3.8, 4) is 11.5 Å². The van der Waals surface area contributed by atoms with Crippen LogP contribution in [0.3, 0.4) is 0 Å². The Hall–Kier alpha value is -4.42. The first-order valence-electron chi connectivity index (χ1n) is 14.4. The van der Waals surface area contributed by atoms with Gasteiger partial charge in [-0.25, -0.2) is 9.59 Å². The minimum Gasteiger partial charge on any atom is -0.504 e. The highest BCUT2D eigenvalue weighted by atomic mass is 16.6. The monoisotopic (exact) mass is 607 g/mol. The number of aliphatic carboxylic acids is 1. The van der Waals surface area contributed by atoms with E-state index in [1.54, 1.807) is 30.3 Å². The van der Waals surface area contributed by atoms with Crippen LogP contribution in [0, 0.1) is 5.92 Å². The summed E-state index contributed by atoms with van der Waals surface area (Å²) in [6, 6.07) is 10.9. The molecule has 2 aliphatic carbocycles. The Bertz CT molecular complexity index is 1570. The quantitative estimate of drug-likeness (QED) is 0.296. The first-order chi connectivity index (χ1) is 20.9. The van der Waals surface area contributed by atoms with Crippen molar-refractivity contribution in [2.45, 2.75) is 68.5 Å². The second-order valence-electron chi connectivity index (χ2n) is 11.9. The van der Waals surface area contributed by atoms with E-state index >= 15 is 0 Å². The molecule has 6 rings (SSSR count). The third-order valence-electron chi connectivity index (χ3n) is 9.48. The van der Waals surface area contributed by atoms with E-state index in [0.29, 0.717) is 24.9 Å². The van der Waals surface area contributed by atoms with Gasteiger partial charge in [0.2, 0.25) is 12.2 Å². The number of aliphatic hydroxyl groups is 1. The SMILES string of the molecule is CC(=O)O[C@@H](C(=O)O[C@@H](C(=O)O)c1ccccc1)[C@@H](C)C(=O)OC1=CC[C@@]2(O)[C@H]3Cc4ccc(O)c5c4[C@@]2(CCN3C)[C@H]1O5. The molecule has 2 aromatic carbocycles. The molecule has 2 bridgehead atoms. The fourth-order valence-corrected chi connectivity index (χ4v) is 7.38. The summed E-state index contributed by atoms with van der Waals surface area (Å²) < 4.78 is 22.5. The number of hydrogen-bond donors (Lipinski definition) is 3. The second kappa shape index (κ2) is 10.6. The molecule has 1 fully saturated rings. The zero-order valence-corrected chi connectivity index (χ0v) is 24.4. The molecule has 0 unspecified atom stereocenters. The summed E-state index contributed by atoms with van der Waals surface area (Å²) in [5.41, 5.74) is -0.449. The maximum absolute atomic E-state index is 13.6. The molecule has 4 aliphatic rings. The zero-order chi connectivity index (χ0) is 31.6. The van der Waals surface area contributed by atoms with Crippen molar-refractivity contribution in [2.24, 2.45) is 5.92 Å². The topological polar surface area (TPSA) is 169 Å². The molecule has 0 amide bonds. The second-order valence-corrected chi connectivity index (χ2v) is 11.9. The summed E-state index contributed by atoms with van der Waals surface area (Å²) in [6.45, 7) is 2.97. The molecule has 232 valence electrons. The number of esters is 3. The van der Waals surface area contributed by atoms with Gasteiger partial charge in [-0.15, -0.1) is 0 Å². The average Bonchev–Trinajstić information content (AvgIpc) is 3.35. The van der Waals surface area contributed by atoms with E-state index in [1.807, 2.05) is 13.1 Å². The number of ether oxygens (including phenoxy) is 4. The van der Waals surface area contributed by atoms with Crippen LogP contribution in [-0.4, -0.2) is 81.5 Å². The van der Waals surface area contributed by atoms with Crippen molar-refractivity contribution in [3.05, 3.63) is 71.0 Å². The molecular weight excluding hydrogens is 574 g/mol. The highest BCUT2D eigenvalue weighted by Gasteiger charge is 2.72. The molecule has 3 N–H and O–H groups in total. The number of likely N-dealkylation sites (tertiary alicyclic amines) is 1. The number of carbonyl (C=O) groups is 4. The van der Waals surface area contributed by atoms with E-state index in [0.717, 1.165) is 12.5 Å². The van der Waals surface area contributed by atoms with Crippen LogP contribution in [0.4, 0.5) is 0 Å². The number of benzene rings is 2. The number of piperidine rings is 1. The molecule has 12 nitrogen and oxygen atoms in total. The lowest BCUT2D eigenvalue weighted by Crippen LogP contribution is -2.74. The largest absolute Gasteiger partial charge is 0.504 e. The van der Waals surface area contributed by atoms with Crippen LogP contribution in [0.5, 0.6) is 11.5 Å². The lowest BCUT2D eigenvalue weighted by Gasteiger charge is -2.61. The number of aromatic hydroxyl groups is 1. The van der Waals surface area contributed by atoms with E-state index in [-0.39, 0.29) is 35.3 Å². The van der Waals surface area contributed by atoms with Crippen LogP contribution in [0.2, 0.25) is 0 Å². The number of carboxylic acid groups (broad SMARTS) is 1. The molecule has 2 aromatic rings. The maximum atomic E-state index is 13.6. The van der Waals surface area contributed by atoms with Crippen LogP contribution in [0.1, 0.15) is 49.5 Å². The molecule has 12 heteroatoms. The van der Waals surface area contributed by atoms with E-state index in [1.165, 1.54) is 19.1 Å². The van der Waals surface area contributed by atoms with Gasteiger partial charge in [-0.2, -0.15) is 0 Å². The Morgan fingerprint density at radius 2 is 1.80 bits per heavy atom. The van der Waals surface area contributed by atoms with Gasteiger partial charge in [-0.1, -0.05) is 36.4 Å². The molecule has 0 radical (unpaired) electrons. The number of hydrogen-bond acceptors (Lipinski definition) is 11. The molecule has 2 aliphatic heterocycles. The summed E-state index contributed by atoms with van der Waals surface area (Å²) in [6.07, 6.45) is -1.73. The number of likely N-dealkylation sites (N-methyl/N-ethyl adjacent to an activating group) is 1. The summed E-state index contributed by atoms with van der Waals surface area (Å²) in [4.78, 5) is 52.7. The van der Waals surface area contributed by atoms with E-state index in [4.69, 9.17) is 18.9 Å². The maximum Gasteiger partial charge on any atom is 0.349 e. The number of rotatable bonds is 8. The van der Waals surface area contributed by atoms with Gasteiger partial charge in [-0.3, -0.25) is 9.59 Å². The van der Waals surface area contributed by atoms with Gasteiger partial charge < -0.3 is 39.2 Å². The van der Waals surface area contributed by atoms with Gasteiger partial charge in [-0.05, 0) is 51.1 Å². The summed E-state index contributed by atoms with van der Waals surface area (Å²) >= 11 is 0. The highest BCUT2D eigenvalue weighted by Crippen LogP contribution is 2.65. The van der Waals surface area contributed by atoms with Gasteiger partial charge >= 0.3 is 23.9 Å². The molecular formula is C32H33NO11. The molecule has 7 atom stereocenters. The molecule has 44 heavy (non-hydrogen) atoms. The average molecular weight is 608 g/mol. The Morgan fingerprint density at radius 3 is 2.48 bits per heavy atom. The Labute approximate surface area is 252 Å². The number of carbonyl (C=O) groups excluding carboxylic acids is 3. The smallest absolute Gasteiger partial charge is 0.349 e. The Kier molecular flexibility index (Phi) is 7.16. The molecule has 1 saturated heterocycles. The number of phenolic OH excluding ortho intramolecular Hbond substituents is 1. The van der Waals surface area contributed by atoms with Gasteiger partial charge in [0.05, 0.1) is 11.0 Å². The van der Waals surface area contributed by atoms with Crippen molar-refractivity contribution in [1.82, 2.24) is 4.90 Å². The fraction of sp³-hybridized carbons (Fsp3) is 0.438. The minimum atomic E-state index is -1.82. The van der Waals surface area contributed by atoms with Crippen molar-refractivity contribution >= 4 is 23.9 Å². The summed E-state index contributed by atoms with van der Waals surface area (Å²) in [7, 11) is 1.95. The number of carboxylic acids is 1. The molecule has 0 aromatic heterocycles. The van der Waals surface area contributed by atoms with E-state index < -0.39 is 59.1 Å². The Morgan fingerprint density at radius 1 is 1.07 bits per heavy atom. The number of phenols is 1. The van der Waals surface area contributed by atoms with Gasteiger partial charge in [0.15, 0.2) is 17.6 Å². The van der Waals surface area contributed by atoms with Gasteiger partial charge in [0.1, 0.15) is 11.7 Å². The van der Waals surface area contributed by atoms with Crippen molar-refractivity contribution in [1.29, 1.82) is 0 Å².